The van der Waals surface area contributed by atoms with E-state index in [0.717, 1.165) is 24.3 Å². The molecule has 3 aromatic rings. The van der Waals surface area contributed by atoms with Gasteiger partial charge in [-0.2, -0.15) is 0 Å². The summed E-state index contributed by atoms with van der Waals surface area (Å²) >= 11 is 0. The molecule has 1 aromatic carbocycles. The van der Waals surface area contributed by atoms with Crippen molar-refractivity contribution >= 4 is 11.9 Å². The summed E-state index contributed by atoms with van der Waals surface area (Å²) in [6.07, 6.45) is 3.90. The smallest absolute Gasteiger partial charge is 0.410 e. The first-order valence-electron chi connectivity index (χ1n) is 11.8. The second-order valence-electron chi connectivity index (χ2n) is 9.70. The van der Waals surface area contributed by atoms with Crippen LogP contribution in [0.2, 0.25) is 0 Å². The summed E-state index contributed by atoms with van der Waals surface area (Å²) < 4.78 is 12.8. The number of amides is 1. The maximum Gasteiger partial charge on any atom is 0.410 e. The van der Waals surface area contributed by atoms with Gasteiger partial charge in [0.25, 0.3) is 5.56 Å². The first-order valence-corrected chi connectivity index (χ1v) is 11.8. The molecule has 35 heavy (non-hydrogen) atoms. The molecule has 2 aromatic heterocycles. The van der Waals surface area contributed by atoms with E-state index in [4.69, 9.17) is 9.47 Å². The molecule has 8 heteroatoms. The first kappa shape index (κ1) is 24.3. The van der Waals surface area contributed by atoms with Crippen LogP contribution in [0.4, 0.5) is 10.6 Å². The minimum atomic E-state index is -0.522. The van der Waals surface area contributed by atoms with E-state index in [-0.39, 0.29) is 17.7 Å². The molecule has 1 saturated heterocycles. The van der Waals surface area contributed by atoms with Crippen LogP contribution in [0.1, 0.15) is 32.8 Å². The molecule has 8 nitrogen and oxygen atoms in total. The van der Waals surface area contributed by atoms with Crippen LogP contribution in [0.5, 0.6) is 5.75 Å². The molecular weight excluding hydrogens is 444 g/mol. The Labute approximate surface area is 205 Å². The molecule has 0 aliphatic carbocycles. The van der Waals surface area contributed by atoms with E-state index >= 15 is 0 Å². The molecule has 1 fully saturated rings. The Morgan fingerprint density at radius 1 is 1.14 bits per heavy atom. The van der Waals surface area contributed by atoms with Crippen molar-refractivity contribution in [3.8, 4) is 11.4 Å². The molecular formula is C27H32N4O4. The molecule has 0 bridgehead atoms. The van der Waals surface area contributed by atoms with Crippen LogP contribution in [0.25, 0.3) is 5.69 Å². The van der Waals surface area contributed by atoms with Crippen LogP contribution in [0.15, 0.2) is 71.8 Å². The standard InChI is InChI=1S/C27H32N4O4/c1-27(2,3)35-26(33)29(4)22-12-14-30(18-22)24-11-10-21(17-28-24)31-15-13-23(16-25(31)32)34-19-20-8-6-5-7-9-20/h5-11,13,15-17,22H,12,14,18-19H2,1-4H3. The van der Waals surface area contributed by atoms with Crippen LogP contribution in [0.3, 0.4) is 0 Å². The van der Waals surface area contributed by atoms with Crippen molar-refractivity contribution in [3.05, 3.63) is 82.9 Å². The number of hydrogen-bond acceptors (Lipinski definition) is 6. The van der Waals surface area contributed by atoms with Gasteiger partial charge in [0.2, 0.25) is 0 Å². The number of carbonyl (C=O) groups excluding carboxylic acids is 1. The number of nitrogens with zero attached hydrogens (tertiary/aromatic N) is 4. The number of pyridine rings is 2. The quantitative estimate of drug-likeness (QED) is 0.529. The zero-order valence-corrected chi connectivity index (χ0v) is 20.7. The Morgan fingerprint density at radius 2 is 1.91 bits per heavy atom. The van der Waals surface area contributed by atoms with E-state index in [0.29, 0.717) is 24.6 Å². The predicted molar refractivity (Wildman–Crippen MR) is 135 cm³/mol. The Morgan fingerprint density at radius 3 is 2.57 bits per heavy atom. The Bertz CT molecular complexity index is 1200. The fraction of sp³-hybridized carbons (Fsp3) is 0.370. The van der Waals surface area contributed by atoms with Crippen molar-refractivity contribution in [1.82, 2.24) is 14.5 Å². The molecule has 1 atom stereocenters. The lowest BCUT2D eigenvalue weighted by Crippen LogP contribution is -2.42. The number of ether oxygens (including phenoxy) is 2. The molecule has 1 aliphatic heterocycles. The van der Waals surface area contributed by atoms with Crippen LogP contribution >= 0.6 is 0 Å². The van der Waals surface area contributed by atoms with Gasteiger partial charge in [-0.25, -0.2) is 9.78 Å². The third-order valence-electron chi connectivity index (χ3n) is 5.87. The summed E-state index contributed by atoms with van der Waals surface area (Å²) in [7, 11) is 1.78. The number of benzene rings is 1. The van der Waals surface area contributed by atoms with Crippen molar-refractivity contribution in [3.63, 3.8) is 0 Å². The SMILES string of the molecule is CN(C(=O)OC(C)(C)C)C1CCN(c2ccc(-n3ccc(OCc4ccccc4)cc3=O)cn2)C1. The highest BCUT2D eigenvalue weighted by atomic mass is 16.6. The van der Waals surface area contributed by atoms with Gasteiger partial charge in [0.05, 0.1) is 17.9 Å². The Kier molecular flexibility index (Phi) is 7.10. The molecule has 0 radical (unpaired) electrons. The largest absolute Gasteiger partial charge is 0.489 e. The Hall–Kier alpha value is -3.81. The average molecular weight is 477 g/mol. The second kappa shape index (κ2) is 10.2. The second-order valence-corrected chi connectivity index (χ2v) is 9.70. The van der Waals surface area contributed by atoms with Gasteiger partial charge in [0.15, 0.2) is 0 Å². The summed E-state index contributed by atoms with van der Waals surface area (Å²) in [5.74, 6) is 1.33. The average Bonchev–Trinajstić information content (AvgIpc) is 3.32. The number of carbonyl (C=O) groups is 1. The van der Waals surface area contributed by atoms with Crippen molar-refractivity contribution < 1.29 is 14.3 Å². The minimum absolute atomic E-state index is 0.0531. The van der Waals surface area contributed by atoms with E-state index in [1.807, 2.05) is 63.2 Å². The summed E-state index contributed by atoms with van der Waals surface area (Å²) in [4.78, 5) is 33.4. The van der Waals surface area contributed by atoms with Gasteiger partial charge in [0, 0.05) is 32.4 Å². The minimum Gasteiger partial charge on any atom is -0.489 e. The zero-order valence-electron chi connectivity index (χ0n) is 20.7. The number of hydrogen-bond donors (Lipinski definition) is 0. The van der Waals surface area contributed by atoms with Crippen LogP contribution in [-0.4, -0.2) is 52.3 Å². The molecule has 0 saturated carbocycles. The van der Waals surface area contributed by atoms with Crippen LogP contribution in [0, 0.1) is 0 Å². The van der Waals surface area contributed by atoms with Gasteiger partial charge in [0.1, 0.15) is 23.8 Å². The highest BCUT2D eigenvalue weighted by Crippen LogP contribution is 2.23. The maximum atomic E-state index is 12.7. The zero-order chi connectivity index (χ0) is 25.0. The van der Waals surface area contributed by atoms with E-state index in [2.05, 4.69) is 9.88 Å². The van der Waals surface area contributed by atoms with E-state index in [1.165, 1.54) is 10.6 Å². The van der Waals surface area contributed by atoms with Crippen LogP contribution < -0.4 is 15.2 Å². The number of rotatable bonds is 6. The fourth-order valence-electron chi connectivity index (χ4n) is 3.96. The van der Waals surface area contributed by atoms with Gasteiger partial charge in [-0.05, 0) is 51.0 Å². The molecule has 184 valence electrons. The van der Waals surface area contributed by atoms with Crippen molar-refractivity contribution in [2.75, 3.05) is 25.0 Å². The molecule has 1 aliphatic rings. The number of likely N-dealkylation sites (N-methyl/N-ethyl adjacent to an activating group) is 1. The van der Waals surface area contributed by atoms with Gasteiger partial charge in [-0.3, -0.25) is 9.36 Å². The lowest BCUT2D eigenvalue weighted by atomic mass is 10.2. The van der Waals surface area contributed by atoms with Gasteiger partial charge in [-0.1, -0.05) is 30.3 Å². The van der Waals surface area contributed by atoms with Crippen molar-refractivity contribution in [2.24, 2.45) is 0 Å². The third kappa shape index (κ3) is 6.20. The van der Waals surface area contributed by atoms with E-state index in [9.17, 15) is 9.59 Å². The molecule has 1 unspecified atom stereocenters. The lowest BCUT2D eigenvalue weighted by Gasteiger charge is -2.28. The normalized spacial score (nSPS) is 15.7. The van der Waals surface area contributed by atoms with Crippen molar-refractivity contribution in [1.29, 1.82) is 0 Å². The topological polar surface area (TPSA) is 76.9 Å². The summed E-state index contributed by atoms with van der Waals surface area (Å²) in [6.45, 7) is 7.46. The van der Waals surface area contributed by atoms with Gasteiger partial charge < -0.3 is 19.3 Å². The molecule has 0 spiro atoms. The van der Waals surface area contributed by atoms with E-state index in [1.54, 1.807) is 30.4 Å². The first-order chi connectivity index (χ1) is 16.7. The highest BCUT2D eigenvalue weighted by Gasteiger charge is 2.31. The third-order valence-corrected chi connectivity index (χ3v) is 5.87. The maximum absolute atomic E-state index is 12.7. The summed E-state index contributed by atoms with van der Waals surface area (Å²) in [5.41, 5.74) is 1.00. The highest BCUT2D eigenvalue weighted by molar-refractivity contribution is 5.68. The molecule has 0 N–H and O–H groups in total. The summed E-state index contributed by atoms with van der Waals surface area (Å²) in [6, 6.07) is 16.9. The van der Waals surface area contributed by atoms with Gasteiger partial charge >= 0.3 is 6.09 Å². The van der Waals surface area contributed by atoms with Crippen LogP contribution in [-0.2, 0) is 11.3 Å². The number of anilines is 1. The van der Waals surface area contributed by atoms with Gasteiger partial charge in [-0.15, -0.1) is 0 Å². The Balaban J connectivity index is 1.37. The monoisotopic (exact) mass is 476 g/mol. The fourth-order valence-corrected chi connectivity index (χ4v) is 3.96. The van der Waals surface area contributed by atoms with E-state index < -0.39 is 5.60 Å². The molecule has 4 rings (SSSR count). The predicted octanol–water partition coefficient (Wildman–Crippen LogP) is 4.26. The molecule has 1 amide bonds. The lowest BCUT2D eigenvalue weighted by molar-refractivity contribution is 0.0238. The summed E-state index contributed by atoms with van der Waals surface area (Å²) in [5, 5.41) is 0. The number of aromatic nitrogens is 2. The molecule has 3 heterocycles. The van der Waals surface area contributed by atoms with Crippen molar-refractivity contribution in [2.45, 2.75) is 45.4 Å².